The van der Waals surface area contributed by atoms with Crippen LogP contribution in [0.2, 0.25) is 0 Å². The summed E-state index contributed by atoms with van der Waals surface area (Å²) in [6.45, 7) is 2.36. The third-order valence-corrected chi connectivity index (χ3v) is 4.00. The molecule has 1 fully saturated rings. The van der Waals surface area contributed by atoms with Gasteiger partial charge in [0.05, 0.1) is 6.26 Å². The lowest BCUT2D eigenvalue weighted by Crippen LogP contribution is -2.30. The van der Waals surface area contributed by atoms with Crippen LogP contribution in [-0.4, -0.2) is 57.5 Å². The van der Waals surface area contributed by atoms with Crippen molar-refractivity contribution in [3.63, 3.8) is 0 Å². The first-order valence-corrected chi connectivity index (χ1v) is 9.39. The molecule has 0 saturated carbocycles. The van der Waals surface area contributed by atoms with Gasteiger partial charge in [-0.05, 0) is 25.0 Å². The largest absolute Gasteiger partial charge is 0.355 e. The first-order valence-electron chi connectivity index (χ1n) is 7.54. The number of nitrogens with two attached hydrogens (primary N) is 1. The molecule has 0 radical (unpaired) electrons. The first-order chi connectivity index (χ1) is 10.9. The maximum Gasteiger partial charge on any atom is 0.252 e. The van der Waals surface area contributed by atoms with E-state index in [1.165, 1.54) is 0 Å². The molecule has 1 saturated heterocycles. The SMILES string of the molecule is CS(=O)(=O)N=C(c1ccc(C(=O)NCCN)cc1)N1CCCC1. The third-order valence-electron chi connectivity index (χ3n) is 3.49. The summed E-state index contributed by atoms with van der Waals surface area (Å²) in [5.41, 5.74) is 6.54. The van der Waals surface area contributed by atoms with Crippen LogP contribution >= 0.6 is 0 Å². The highest BCUT2D eigenvalue weighted by Crippen LogP contribution is 2.16. The van der Waals surface area contributed by atoms with Crippen LogP contribution in [0.4, 0.5) is 0 Å². The lowest BCUT2D eigenvalue weighted by Gasteiger charge is -2.20. The van der Waals surface area contributed by atoms with Crippen molar-refractivity contribution in [2.45, 2.75) is 12.8 Å². The molecule has 1 aromatic rings. The van der Waals surface area contributed by atoms with Crippen molar-refractivity contribution >= 4 is 21.8 Å². The van der Waals surface area contributed by atoms with Crippen molar-refractivity contribution in [2.24, 2.45) is 10.1 Å². The van der Waals surface area contributed by atoms with E-state index in [2.05, 4.69) is 9.71 Å². The Balaban J connectivity index is 2.26. The monoisotopic (exact) mass is 338 g/mol. The standard InChI is InChI=1S/C15H22N4O3S/c1-23(21,22)18-14(19-10-2-3-11-19)12-4-6-13(7-5-12)15(20)17-9-8-16/h4-7H,2-3,8-11,16H2,1H3,(H,17,20). The van der Waals surface area contributed by atoms with Gasteiger partial charge in [-0.1, -0.05) is 12.1 Å². The van der Waals surface area contributed by atoms with Crippen LogP contribution in [0.1, 0.15) is 28.8 Å². The van der Waals surface area contributed by atoms with Gasteiger partial charge in [-0.25, -0.2) is 8.42 Å². The number of amidine groups is 1. The van der Waals surface area contributed by atoms with E-state index in [1.807, 2.05) is 4.90 Å². The van der Waals surface area contributed by atoms with Gasteiger partial charge in [0.1, 0.15) is 5.84 Å². The maximum absolute atomic E-state index is 11.9. The van der Waals surface area contributed by atoms with Crippen LogP contribution in [0.5, 0.6) is 0 Å². The molecule has 0 atom stereocenters. The predicted molar refractivity (Wildman–Crippen MR) is 90.0 cm³/mol. The minimum atomic E-state index is -3.49. The Morgan fingerprint density at radius 3 is 2.30 bits per heavy atom. The van der Waals surface area contributed by atoms with Gasteiger partial charge < -0.3 is 16.0 Å². The number of benzene rings is 1. The summed E-state index contributed by atoms with van der Waals surface area (Å²) in [5, 5.41) is 2.69. The number of nitrogens with one attached hydrogen (secondary N) is 1. The molecule has 0 spiro atoms. The van der Waals surface area contributed by atoms with E-state index >= 15 is 0 Å². The predicted octanol–water partition coefficient (Wildman–Crippen LogP) is 0.177. The van der Waals surface area contributed by atoms with E-state index in [1.54, 1.807) is 24.3 Å². The quantitative estimate of drug-likeness (QED) is 0.588. The van der Waals surface area contributed by atoms with Crippen molar-refractivity contribution in [2.75, 3.05) is 32.4 Å². The average molecular weight is 338 g/mol. The second kappa shape index (κ2) is 7.56. The summed E-state index contributed by atoms with van der Waals surface area (Å²) >= 11 is 0. The Hall–Kier alpha value is -1.93. The number of likely N-dealkylation sites (tertiary alicyclic amines) is 1. The molecule has 1 aliphatic heterocycles. The van der Waals surface area contributed by atoms with Gasteiger partial charge in [0.15, 0.2) is 0 Å². The Kier molecular flexibility index (Phi) is 5.73. The minimum absolute atomic E-state index is 0.204. The Labute approximate surface area is 136 Å². The van der Waals surface area contributed by atoms with Gasteiger partial charge in [0.2, 0.25) is 0 Å². The van der Waals surface area contributed by atoms with Crippen LogP contribution < -0.4 is 11.1 Å². The highest BCUT2D eigenvalue weighted by molar-refractivity contribution is 7.89. The summed E-state index contributed by atoms with van der Waals surface area (Å²) in [4.78, 5) is 13.8. The number of carbonyl (C=O) groups excluding carboxylic acids is 1. The number of amides is 1. The van der Waals surface area contributed by atoms with E-state index in [-0.39, 0.29) is 5.91 Å². The van der Waals surface area contributed by atoms with Gasteiger partial charge in [0, 0.05) is 37.3 Å². The van der Waals surface area contributed by atoms with Gasteiger partial charge in [-0.15, -0.1) is 4.40 Å². The van der Waals surface area contributed by atoms with E-state index in [0.29, 0.717) is 30.1 Å². The fourth-order valence-corrected chi connectivity index (χ4v) is 2.97. The van der Waals surface area contributed by atoms with Crippen LogP contribution in [0.3, 0.4) is 0 Å². The number of hydrogen-bond donors (Lipinski definition) is 2. The Morgan fingerprint density at radius 1 is 1.22 bits per heavy atom. The van der Waals surface area contributed by atoms with E-state index in [9.17, 15) is 13.2 Å². The fourth-order valence-electron chi connectivity index (χ4n) is 2.44. The average Bonchev–Trinajstić information content (AvgIpc) is 3.04. The Bertz CT molecular complexity index is 677. The highest BCUT2D eigenvalue weighted by atomic mass is 32.2. The number of rotatable bonds is 5. The highest BCUT2D eigenvalue weighted by Gasteiger charge is 2.20. The number of sulfonamides is 1. The van der Waals surface area contributed by atoms with Crippen molar-refractivity contribution < 1.29 is 13.2 Å². The summed E-state index contributed by atoms with van der Waals surface area (Å²) in [6.07, 6.45) is 3.11. The topological polar surface area (TPSA) is 105 Å². The van der Waals surface area contributed by atoms with Crippen LogP contribution in [0.25, 0.3) is 0 Å². The molecule has 1 aliphatic rings. The third kappa shape index (κ3) is 5.04. The van der Waals surface area contributed by atoms with Crippen molar-refractivity contribution in [3.8, 4) is 0 Å². The van der Waals surface area contributed by atoms with Crippen LogP contribution in [0.15, 0.2) is 28.7 Å². The van der Waals surface area contributed by atoms with Gasteiger partial charge >= 0.3 is 0 Å². The molecule has 23 heavy (non-hydrogen) atoms. The number of nitrogens with zero attached hydrogens (tertiary/aromatic N) is 2. The summed E-state index contributed by atoms with van der Waals surface area (Å²) in [7, 11) is -3.49. The zero-order valence-corrected chi connectivity index (χ0v) is 14.0. The van der Waals surface area contributed by atoms with E-state index in [4.69, 9.17) is 5.73 Å². The number of hydrogen-bond acceptors (Lipinski definition) is 4. The smallest absolute Gasteiger partial charge is 0.252 e. The van der Waals surface area contributed by atoms with Crippen LogP contribution in [0, 0.1) is 0 Å². The fraction of sp³-hybridized carbons (Fsp3) is 0.467. The summed E-state index contributed by atoms with van der Waals surface area (Å²) in [5.74, 6) is 0.240. The normalized spacial score (nSPS) is 15.7. The molecule has 8 heteroatoms. The Morgan fingerprint density at radius 2 is 1.78 bits per heavy atom. The van der Waals surface area contributed by atoms with Gasteiger partial charge in [-0.2, -0.15) is 0 Å². The van der Waals surface area contributed by atoms with E-state index < -0.39 is 10.0 Å². The summed E-state index contributed by atoms with van der Waals surface area (Å²) in [6, 6.07) is 6.77. The molecular weight excluding hydrogens is 316 g/mol. The molecule has 126 valence electrons. The van der Waals surface area contributed by atoms with Gasteiger partial charge in [-0.3, -0.25) is 4.79 Å². The molecule has 2 rings (SSSR count). The van der Waals surface area contributed by atoms with Crippen molar-refractivity contribution in [1.29, 1.82) is 0 Å². The molecule has 1 aromatic carbocycles. The molecule has 1 amide bonds. The second-order valence-corrected chi connectivity index (χ2v) is 7.11. The van der Waals surface area contributed by atoms with E-state index in [0.717, 1.165) is 32.2 Å². The van der Waals surface area contributed by atoms with Crippen molar-refractivity contribution in [1.82, 2.24) is 10.2 Å². The minimum Gasteiger partial charge on any atom is -0.355 e. The molecule has 1 heterocycles. The first kappa shape index (κ1) is 17.4. The second-order valence-electron chi connectivity index (χ2n) is 5.46. The molecule has 0 aromatic heterocycles. The zero-order valence-electron chi connectivity index (χ0n) is 13.2. The van der Waals surface area contributed by atoms with Gasteiger partial charge in [0.25, 0.3) is 15.9 Å². The lowest BCUT2D eigenvalue weighted by atomic mass is 10.1. The van der Waals surface area contributed by atoms with Crippen LogP contribution in [-0.2, 0) is 10.0 Å². The molecule has 0 unspecified atom stereocenters. The number of carbonyl (C=O) groups is 1. The molecule has 3 N–H and O–H groups in total. The molecule has 7 nitrogen and oxygen atoms in total. The molecule has 0 bridgehead atoms. The zero-order chi connectivity index (χ0) is 16.9. The lowest BCUT2D eigenvalue weighted by molar-refractivity contribution is 0.0954. The molecule has 0 aliphatic carbocycles. The molecular formula is C15H22N4O3S. The summed E-state index contributed by atoms with van der Waals surface area (Å²) < 4.78 is 27.0. The maximum atomic E-state index is 11.9. The van der Waals surface area contributed by atoms with Crippen molar-refractivity contribution in [3.05, 3.63) is 35.4 Å².